The van der Waals surface area contributed by atoms with Crippen LogP contribution in [0.15, 0.2) is 40.8 Å². The fourth-order valence-electron chi connectivity index (χ4n) is 5.54. The van der Waals surface area contributed by atoms with Crippen LogP contribution in [0.2, 0.25) is 0 Å². The van der Waals surface area contributed by atoms with Gasteiger partial charge in [-0.25, -0.2) is 9.78 Å². The molecule has 45 heavy (non-hydrogen) atoms. The number of aromatic nitrogens is 3. The first-order chi connectivity index (χ1) is 21.1. The second-order valence-corrected chi connectivity index (χ2v) is 12.2. The van der Waals surface area contributed by atoms with Gasteiger partial charge in [-0.3, -0.25) is 5.32 Å². The van der Waals surface area contributed by atoms with Crippen molar-refractivity contribution in [1.29, 1.82) is 0 Å². The number of hydrogen-bond donors (Lipinski definition) is 1. The normalized spacial score (nSPS) is 20.9. The number of amides is 1. The smallest absolute Gasteiger partial charge is 0.426 e. The number of hydrogen-bond acceptors (Lipinski definition) is 8. The number of carbonyl (C=O) groups is 1. The van der Waals surface area contributed by atoms with E-state index >= 15 is 13.2 Å². The molecule has 5 rings (SSSR count). The van der Waals surface area contributed by atoms with Gasteiger partial charge < -0.3 is 18.8 Å². The molecule has 244 valence electrons. The fourth-order valence-corrected chi connectivity index (χ4v) is 5.54. The zero-order valence-corrected chi connectivity index (χ0v) is 24.9. The highest BCUT2D eigenvalue weighted by Crippen LogP contribution is 2.48. The zero-order valence-electron chi connectivity index (χ0n) is 24.9. The molecule has 15 heteroatoms. The molecule has 9 nitrogen and oxygen atoms in total. The van der Waals surface area contributed by atoms with E-state index in [0.717, 1.165) is 0 Å². The van der Waals surface area contributed by atoms with Crippen molar-refractivity contribution >= 4 is 17.6 Å². The van der Waals surface area contributed by atoms with Crippen LogP contribution in [0.1, 0.15) is 69.9 Å². The molecule has 1 fully saturated rings. The second-order valence-electron chi connectivity index (χ2n) is 12.2. The summed E-state index contributed by atoms with van der Waals surface area (Å²) in [4.78, 5) is 18.4. The van der Waals surface area contributed by atoms with E-state index in [1.165, 1.54) is 4.90 Å². The number of nitrogens with zero attached hydrogens (tertiary/aromatic N) is 4. The molecule has 1 amide bonds. The van der Waals surface area contributed by atoms with Crippen molar-refractivity contribution in [2.75, 3.05) is 23.3 Å². The van der Waals surface area contributed by atoms with Crippen LogP contribution >= 0.6 is 0 Å². The summed E-state index contributed by atoms with van der Waals surface area (Å²) < 4.78 is 105. The Balaban J connectivity index is 1.67. The molecule has 2 aromatic heterocycles. The Bertz CT molecular complexity index is 1510. The van der Waals surface area contributed by atoms with Gasteiger partial charge in [0.2, 0.25) is 5.60 Å². The van der Waals surface area contributed by atoms with Crippen molar-refractivity contribution in [3.8, 4) is 11.6 Å². The molecule has 1 N–H and O–H groups in total. The Kier molecular flexibility index (Phi) is 8.77. The summed E-state index contributed by atoms with van der Waals surface area (Å²) in [7, 11) is 0. The summed E-state index contributed by atoms with van der Waals surface area (Å²) in [6.45, 7) is 4.71. The van der Waals surface area contributed by atoms with E-state index in [-0.39, 0.29) is 25.4 Å². The van der Waals surface area contributed by atoms with E-state index < -0.39 is 77.2 Å². The van der Waals surface area contributed by atoms with Crippen molar-refractivity contribution < 1.29 is 45.0 Å². The number of alkyl halides is 6. The maximum Gasteiger partial charge on any atom is 0.426 e. The van der Waals surface area contributed by atoms with E-state index in [0.29, 0.717) is 30.9 Å². The zero-order chi connectivity index (χ0) is 32.6. The topological polar surface area (TPSA) is 103 Å². The van der Waals surface area contributed by atoms with Crippen molar-refractivity contribution in [2.24, 2.45) is 5.92 Å². The van der Waals surface area contributed by atoms with Crippen LogP contribution in [-0.4, -0.2) is 46.1 Å². The predicted octanol–water partition coefficient (Wildman–Crippen LogP) is 7.87. The first kappa shape index (κ1) is 32.5. The average Bonchev–Trinajstić information content (AvgIpc) is 3.61. The Morgan fingerprint density at radius 2 is 1.80 bits per heavy atom. The lowest BCUT2D eigenvalue weighted by molar-refractivity contribution is -0.300. The van der Waals surface area contributed by atoms with Gasteiger partial charge in [0.15, 0.2) is 5.69 Å². The molecule has 2 atom stereocenters. The number of fused-ring (bicyclic) bond motifs is 8. The van der Waals surface area contributed by atoms with Crippen molar-refractivity contribution in [3.63, 3.8) is 0 Å². The Labute approximate surface area is 255 Å². The largest absolute Gasteiger partial charge is 0.444 e. The first-order valence-corrected chi connectivity index (χ1v) is 14.5. The maximum absolute atomic E-state index is 15.0. The number of anilines is 2. The second kappa shape index (κ2) is 12.1. The van der Waals surface area contributed by atoms with Gasteiger partial charge in [-0.05, 0) is 64.0 Å². The SMILES string of the molecule is CC(C)(C)OC(=O)Nc1cc(C(F)(F)F)c2nc1-c1nnc(o1)C(OCc1ccccc1)(C(F)(F)F)CCCCC1CCN2C1. The molecule has 1 aromatic carbocycles. The van der Waals surface area contributed by atoms with Crippen molar-refractivity contribution in [3.05, 3.63) is 53.4 Å². The van der Waals surface area contributed by atoms with Gasteiger partial charge in [0.1, 0.15) is 17.0 Å². The van der Waals surface area contributed by atoms with Gasteiger partial charge in [-0.1, -0.05) is 36.8 Å². The number of carbonyl (C=O) groups excluding carboxylic acids is 1. The summed E-state index contributed by atoms with van der Waals surface area (Å²) in [6.07, 6.45) is -10.1. The van der Waals surface area contributed by atoms with Crippen LogP contribution in [0.3, 0.4) is 0 Å². The van der Waals surface area contributed by atoms with Gasteiger partial charge in [0.05, 0.1) is 12.3 Å². The van der Waals surface area contributed by atoms with E-state index in [2.05, 4.69) is 20.5 Å². The van der Waals surface area contributed by atoms with Crippen LogP contribution in [0.25, 0.3) is 11.6 Å². The number of ether oxygens (including phenoxy) is 2. The Hall–Kier alpha value is -3.88. The molecule has 4 heterocycles. The highest BCUT2D eigenvalue weighted by molar-refractivity contribution is 5.90. The number of pyridine rings is 1. The van der Waals surface area contributed by atoms with Crippen LogP contribution in [0.4, 0.5) is 42.6 Å². The van der Waals surface area contributed by atoms with Gasteiger partial charge in [-0.15, -0.1) is 10.2 Å². The minimum atomic E-state index is -5.01. The van der Waals surface area contributed by atoms with Crippen molar-refractivity contribution in [2.45, 2.75) is 83.0 Å². The lowest BCUT2D eigenvalue weighted by Gasteiger charge is -2.33. The third-order valence-corrected chi connectivity index (χ3v) is 7.68. The van der Waals surface area contributed by atoms with Gasteiger partial charge in [0, 0.05) is 13.1 Å². The average molecular weight is 642 g/mol. The number of rotatable bonds is 4. The molecular weight excluding hydrogens is 608 g/mol. The number of nitrogens with one attached hydrogen (secondary N) is 1. The summed E-state index contributed by atoms with van der Waals surface area (Å²) in [5.41, 5.74) is -5.66. The molecule has 0 radical (unpaired) electrons. The van der Waals surface area contributed by atoms with Gasteiger partial charge in [0.25, 0.3) is 11.8 Å². The quantitative estimate of drug-likeness (QED) is 0.287. The van der Waals surface area contributed by atoms with E-state index in [9.17, 15) is 18.0 Å². The Morgan fingerprint density at radius 1 is 1.07 bits per heavy atom. The maximum atomic E-state index is 15.0. The molecule has 0 aliphatic carbocycles. The molecular formula is C30H33F6N5O4. The van der Waals surface area contributed by atoms with Gasteiger partial charge >= 0.3 is 18.4 Å². The molecule has 0 saturated carbocycles. The monoisotopic (exact) mass is 641 g/mol. The standard InChI is InChI=1S/C30H33F6N5O4/c1-27(2,3)45-26(42)37-21-15-20(29(31,32)33)23-38-22(21)24-39-40-25(44-24)28(30(34,35)36,43-17-19-10-5-4-6-11-19)13-8-7-9-18-12-14-41(23)16-18/h4-6,10-11,15,18H,7-9,12-14,16-17H2,1-3H3,(H,37,42). The predicted molar refractivity (Wildman–Crippen MR) is 150 cm³/mol. The lowest BCUT2D eigenvalue weighted by Crippen LogP contribution is -2.45. The summed E-state index contributed by atoms with van der Waals surface area (Å²) >= 11 is 0. The summed E-state index contributed by atoms with van der Waals surface area (Å²) in [5, 5.41) is 9.74. The van der Waals surface area contributed by atoms with Crippen molar-refractivity contribution in [1.82, 2.24) is 15.2 Å². The molecule has 0 spiro atoms. The molecule has 2 aliphatic rings. The minimum Gasteiger partial charge on any atom is -0.444 e. The van der Waals surface area contributed by atoms with Crippen LogP contribution in [0.5, 0.6) is 0 Å². The summed E-state index contributed by atoms with van der Waals surface area (Å²) in [6, 6.07) is 8.92. The van der Waals surface area contributed by atoms with E-state index in [1.807, 2.05) is 0 Å². The van der Waals surface area contributed by atoms with E-state index in [1.54, 1.807) is 51.1 Å². The third kappa shape index (κ3) is 7.18. The Morgan fingerprint density at radius 3 is 2.47 bits per heavy atom. The molecule has 1 saturated heterocycles. The van der Waals surface area contributed by atoms with Crippen LogP contribution in [-0.2, 0) is 27.9 Å². The fraction of sp³-hybridized carbons (Fsp3) is 0.533. The molecule has 6 bridgehead atoms. The first-order valence-electron chi connectivity index (χ1n) is 14.5. The highest BCUT2D eigenvalue weighted by atomic mass is 19.4. The summed E-state index contributed by atoms with van der Waals surface area (Å²) in [5.74, 6) is -2.07. The number of halogens is 6. The van der Waals surface area contributed by atoms with Crippen LogP contribution < -0.4 is 10.2 Å². The number of benzene rings is 1. The molecule has 2 aliphatic heterocycles. The van der Waals surface area contributed by atoms with E-state index in [4.69, 9.17) is 13.9 Å². The minimum absolute atomic E-state index is 0.0629. The third-order valence-electron chi connectivity index (χ3n) is 7.68. The molecule has 2 unspecified atom stereocenters. The lowest BCUT2D eigenvalue weighted by atomic mass is 9.92. The van der Waals surface area contributed by atoms with Crippen LogP contribution in [0, 0.1) is 5.92 Å². The highest BCUT2D eigenvalue weighted by Gasteiger charge is 2.61. The van der Waals surface area contributed by atoms with Gasteiger partial charge in [-0.2, -0.15) is 26.3 Å². The molecule has 3 aromatic rings.